The summed E-state index contributed by atoms with van der Waals surface area (Å²) in [6, 6.07) is -0.652. The van der Waals surface area contributed by atoms with Gasteiger partial charge in [-0.2, -0.15) is 0 Å². The summed E-state index contributed by atoms with van der Waals surface area (Å²) in [6.45, 7) is 2.03. The van der Waals surface area contributed by atoms with E-state index in [9.17, 15) is 14.4 Å². The van der Waals surface area contributed by atoms with E-state index in [1.807, 2.05) is 0 Å². The maximum absolute atomic E-state index is 11.7. The minimum atomic E-state index is -1.04. The summed E-state index contributed by atoms with van der Waals surface area (Å²) < 4.78 is 0. The highest BCUT2D eigenvalue weighted by atomic mass is 16.4. The molecule has 132 valence electrons. The Balaban J connectivity index is 1.97. The van der Waals surface area contributed by atoms with Gasteiger partial charge in [0.15, 0.2) is 0 Å². The van der Waals surface area contributed by atoms with Crippen LogP contribution in [0, 0.1) is 0 Å². The second-order valence-corrected chi connectivity index (χ2v) is 6.17. The number of amides is 3. The lowest BCUT2D eigenvalue weighted by Gasteiger charge is -2.22. The Morgan fingerprint density at radius 1 is 1.09 bits per heavy atom. The third-order valence-electron chi connectivity index (χ3n) is 4.05. The molecule has 0 aromatic carbocycles. The van der Waals surface area contributed by atoms with E-state index in [1.165, 1.54) is 26.2 Å². The number of nitrogens with one attached hydrogen (secondary N) is 3. The SMILES string of the molecule is C[C@H](NC(=O)CCCCCNC(=O)NC1CCCCC1)C(=O)O. The monoisotopic (exact) mass is 327 g/mol. The molecule has 0 heterocycles. The summed E-state index contributed by atoms with van der Waals surface area (Å²) in [7, 11) is 0. The third kappa shape index (κ3) is 9.05. The van der Waals surface area contributed by atoms with Gasteiger partial charge in [-0.3, -0.25) is 9.59 Å². The van der Waals surface area contributed by atoms with Crippen LogP contribution in [0.4, 0.5) is 4.79 Å². The van der Waals surface area contributed by atoms with Crippen molar-refractivity contribution in [2.45, 2.75) is 76.8 Å². The van der Waals surface area contributed by atoms with Gasteiger partial charge in [-0.25, -0.2) is 4.79 Å². The van der Waals surface area contributed by atoms with E-state index in [-0.39, 0.29) is 11.9 Å². The lowest BCUT2D eigenvalue weighted by molar-refractivity contribution is -0.141. The average Bonchev–Trinajstić information content (AvgIpc) is 2.51. The second-order valence-electron chi connectivity index (χ2n) is 6.17. The summed E-state index contributed by atoms with van der Waals surface area (Å²) in [5.74, 6) is -1.28. The molecule has 1 aliphatic carbocycles. The molecular formula is C16H29N3O4. The van der Waals surface area contributed by atoms with E-state index < -0.39 is 12.0 Å². The van der Waals surface area contributed by atoms with Gasteiger partial charge in [0.05, 0.1) is 0 Å². The van der Waals surface area contributed by atoms with Gasteiger partial charge in [-0.05, 0) is 32.6 Å². The van der Waals surface area contributed by atoms with Gasteiger partial charge in [0.1, 0.15) is 6.04 Å². The second kappa shape index (κ2) is 10.9. The van der Waals surface area contributed by atoms with Gasteiger partial charge in [0.25, 0.3) is 0 Å². The standard InChI is InChI=1S/C16H29N3O4/c1-12(15(21)22)18-14(20)10-6-3-7-11-17-16(23)19-13-8-4-2-5-9-13/h12-13H,2-11H2,1H3,(H,18,20)(H,21,22)(H2,17,19,23)/t12-/m0/s1. The van der Waals surface area contributed by atoms with Gasteiger partial charge in [0, 0.05) is 19.0 Å². The lowest BCUT2D eigenvalue weighted by atomic mass is 9.96. The fourth-order valence-electron chi connectivity index (χ4n) is 2.65. The van der Waals surface area contributed by atoms with Crippen LogP contribution in [0.1, 0.15) is 64.7 Å². The van der Waals surface area contributed by atoms with E-state index in [2.05, 4.69) is 16.0 Å². The largest absolute Gasteiger partial charge is 0.480 e. The van der Waals surface area contributed by atoms with Gasteiger partial charge in [-0.15, -0.1) is 0 Å². The summed E-state index contributed by atoms with van der Waals surface area (Å²) in [6.07, 6.45) is 8.39. The number of carboxylic acids is 1. The lowest BCUT2D eigenvalue weighted by Crippen LogP contribution is -2.43. The van der Waals surface area contributed by atoms with Crippen LogP contribution in [-0.4, -0.2) is 41.6 Å². The molecule has 0 bridgehead atoms. The Kier molecular flexibility index (Phi) is 9.09. The quantitative estimate of drug-likeness (QED) is 0.484. The Morgan fingerprint density at radius 2 is 1.78 bits per heavy atom. The van der Waals surface area contributed by atoms with Crippen LogP contribution in [0.3, 0.4) is 0 Å². The summed E-state index contributed by atoms with van der Waals surface area (Å²) >= 11 is 0. The van der Waals surface area contributed by atoms with Crippen molar-refractivity contribution in [3.63, 3.8) is 0 Å². The van der Waals surface area contributed by atoms with Crippen LogP contribution in [-0.2, 0) is 9.59 Å². The van der Waals surface area contributed by atoms with Crippen molar-refractivity contribution < 1.29 is 19.5 Å². The molecule has 0 aliphatic heterocycles. The number of urea groups is 1. The first kappa shape index (κ1) is 19.3. The molecule has 0 aromatic heterocycles. The zero-order chi connectivity index (χ0) is 17.1. The molecule has 1 fully saturated rings. The highest BCUT2D eigenvalue weighted by molar-refractivity contribution is 5.83. The smallest absolute Gasteiger partial charge is 0.325 e. The van der Waals surface area contributed by atoms with Crippen LogP contribution in [0.25, 0.3) is 0 Å². The van der Waals surface area contributed by atoms with Crippen molar-refractivity contribution in [3.8, 4) is 0 Å². The Labute approximate surface area is 137 Å². The molecule has 23 heavy (non-hydrogen) atoms. The maximum Gasteiger partial charge on any atom is 0.325 e. The van der Waals surface area contributed by atoms with E-state index >= 15 is 0 Å². The number of carboxylic acid groups (broad SMARTS) is 1. The molecule has 4 N–H and O–H groups in total. The topological polar surface area (TPSA) is 108 Å². The molecule has 1 saturated carbocycles. The molecule has 1 atom stereocenters. The van der Waals surface area contributed by atoms with Crippen LogP contribution < -0.4 is 16.0 Å². The number of rotatable bonds is 9. The Bertz CT molecular complexity index is 395. The summed E-state index contributed by atoms with van der Waals surface area (Å²) in [4.78, 5) is 33.8. The molecule has 0 unspecified atom stereocenters. The number of hydrogen-bond donors (Lipinski definition) is 4. The first-order valence-corrected chi connectivity index (χ1v) is 8.55. The first-order valence-electron chi connectivity index (χ1n) is 8.55. The predicted molar refractivity (Wildman–Crippen MR) is 87.1 cm³/mol. The van der Waals surface area contributed by atoms with Crippen molar-refractivity contribution in [1.29, 1.82) is 0 Å². The van der Waals surface area contributed by atoms with E-state index in [4.69, 9.17) is 5.11 Å². The van der Waals surface area contributed by atoms with Crippen molar-refractivity contribution in [2.75, 3.05) is 6.54 Å². The van der Waals surface area contributed by atoms with Crippen molar-refractivity contribution in [2.24, 2.45) is 0 Å². The molecule has 7 heteroatoms. The fourth-order valence-corrected chi connectivity index (χ4v) is 2.65. The summed E-state index contributed by atoms with van der Waals surface area (Å²) in [5.41, 5.74) is 0. The number of carbonyl (C=O) groups is 3. The average molecular weight is 327 g/mol. The first-order chi connectivity index (χ1) is 11.0. The van der Waals surface area contributed by atoms with Crippen LogP contribution in [0.15, 0.2) is 0 Å². The number of hydrogen-bond acceptors (Lipinski definition) is 3. The van der Waals surface area contributed by atoms with E-state index in [0.29, 0.717) is 25.4 Å². The molecule has 1 aliphatic rings. The molecule has 0 saturated heterocycles. The van der Waals surface area contributed by atoms with Crippen molar-refractivity contribution >= 4 is 17.9 Å². The van der Waals surface area contributed by atoms with Gasteiger partial charge in [-0.1, -0.05) is 25.7 Å². The fraction of sp³-hybridized carbons (Fsp3) is 0.812. The molecule has 0 radical (unpaired) electrons. The van der Waals surface area contributed by atoms with Crippen LogP contribution >= 0.6 is 0 Å². The normalized spacial score (nSPS) is 16.4. The molecule has 3 amide bonds. The molecule has 0 aromatic rings. The van der Waals surface area contributed by atoms with Crippen LogP contribution in [0.2, 0.25) is 0 Å². The van der Waals surface area contributed by atoms with Gasteiger partial charge >= 0.3 is 12.0 Å². The maximum atomic E-state index is 11.7. The van der Waals surface area contributed by atoms with E-state index in [1.54, 1.807) is 0 Å². The van der Waals surface area contributed by atoms with Crippen molar-refractivity contribution in [3.05, 3.63) is 0 Å². The summed E-state index contributed by atoms with van der Waals surface area (Å²) in [5, 5.41) is 16.9. The van der Waals surface area contributed by atoms with Gasteiger partial charge < -0.3 is 21.1 Å². The zero-order valence-corrected chi connectivity index (χ0v) is 13.9. The number of carbonyl (C=O) groups excluding carboxylic acids is 2. The third-order valence-corrected chi connectivity index (χ3v) is 4.05. The Hall–Kier alpha value is -1.79. The number of aliphatic carboxylic acids is 1. The van der Waals surface area contributed by atoms with Crippen molar-refractivity contribution in [1.82, 2.24) is 16.0 Å². The zero-order valence-electron chi connectivity index (χ0n) is 13.9. The molecule has 1 rings (SSSR count). The molecule has 7 nitrogen and oxygen atoms in total. The van der Waals surface area contributed by atoms with Crippen LogP contribution in [0.5, 0.6) is 0 Å². The number of unbranched alkanes of at least 4 members (excludes halogenated alkanes) is 2. The van der Waals surface area contributed by atoms with Gasteiger partial charge in [0.2, 0.25) is 5.91 Å². The predicted octanol–water partition coefficient (Wildman–Crippen LogP) is 1.77. The minimum absolute atomic E-state index is 0.107. The molecular weight excluding hydrogens is 298 g/mol. The molecule has 0 spiro atoms. The highest BCUT2D eigenvalue weighted by Crippen LogP contribution is 2.17. The minimum Gasteiger partial charge on any atom is -0.480 e. The Morgan fingerprint density at radius 3 is 2.43 bits per heavy atom. The highest BCUT2D eigenvalue weighted by Gasteiger charge is 2.15. The van der Waals surface area contributed by atoms with E-state index in [0.717, 1.165) is 25.7 Å².